The van der Waals surface area contributed by atoms with E-state index in [1.54, 1.807) is 0 Å². The van der Waals surface area contributed by atoms with Crippen LogP contribution in [0.15, 0.2) is 0 Å². The molecule has 0 aliphatic carbocycles. The van der Waals surface area contributed by atoms with Crippen LogP contribution in [0, 0.1) is 11.3 Å². The molecule has 2 unspecified atom stereocenters. The molecule has 0 amide bonds. The highest BCUT2D eigenvalue weighted by molar-refractivity contribution is 5.83. The van der Waals surface area contributed by atoms with Crippen molar-refractivity contribution in [3.05, 3.63) is 0 Å². The summed E-state index contributed by atoms with van der Waals surface area (Å²) in [7, 11) is 0. The second-order valence-corrected chi connectivity index (χ2v) is 17.6. The van der Waals surface area contributed by atoms with Crippen LogP contribution < -0.4 is 5.32 Å². The first-order valence-electron chi connectivity index (χ1n) is 16.6. The van der Waals surface area contributed by atoms with Crippen LogP contribution in [0.1, 0.15) is 156 Å². The van der Waals surface area contributed by atoms with Gasteiger partial charge in [0.05, 0.1) is 22.4 Å². The predicted octanol–water partition coefficient (Wildman–Crippen LogP) is 8.93. The number of hydrogen-bond donors (Lipinski definition) is 1. The summed E-state index contributed by atoms with van der Waals surface area (Å²) in [6.07, 6.45) is 6.04. The smallest absolute Gasteiger partial charge is 0.138 e. The Morgan fingerprint density at radius 3 is 1.26 bits per heavy atom. The first-order chi connectivity index (χ1) is 18.7. The fourth-order valence-corrected chi connectivity index (χ4v) is 4.58. The number of ether oxygens (including phenoxy) is 4. The zero-order valence-electron chi connectivity index (χ0n) is 31.0. The summed E-state index contributed by atoms with van der Waals surface area (Å²) < 4.78 is 24.8. The Balaban J connectivity index is 4.83. The molecule has 2 atom stereocenters. The molecule has 0 heterocycles. The standard InChI is InChI=1S/C36H73NO5/c1-31(2,3)30(38)27-28(17-23-39-33(7,8)9)18-24-41-35(13,14)21-22-36(15,16)42-26-20-29(37-32(4,5)6)19-25-40-34(10,11)12/h28-29,37H,17-27H2,1-16H3. The third-order valence-corrected chi connectivity index (χ3v) is 7.32. The van der Waals surface area contributed by atoms with Gasteiger partial charge in [0, 0.05) is 49.8 Å². The second kappa shape index (κ2) is 17.2. The van der Waals surface area contributed by atoms with E-state index >= 15 is 0 Å². The van der Waals surface area contributed by atoms with E-state index < -0.39 is 0 Å². The summed E-state index contributed by atoms with van der Waals surface area (Å²) in [5.74, 6) is 0.571. The Morgan fingerprint density at radius 2 is 0.905 bits per heavy atom. The van der Waals surface area contributed by atoms with Crippen molar-refractivity contribution in [1.82, 2.24) is 5.32 Å². The van der Waals surface area contributed by atoms with Crippen LogP contribution in [0.2, 0.25) is 0 Å². The summed E-state index contributed by atoms with van der Waals surface area (Å²) in [6.45, 7) is 36.6. The lowest BCUT2D eigenvalue weighted by atomic mass is 9.83. The van der Waals surface area contributed by atoms with Crippen LogP contribution in [0.5, 0.6) is 0 Å². The first-order valence-corrected chi connectivity index (χ1v) is 16.6. The van der Waals surface area contributed by atoms with Crippen LogP contribution in [0.3, 0.4) is 0 Å². The molecule has 0 aliphatic heterocycles. The highest BCUT2D eigenvalue weighted by atomic mass is 16.5. The summed E-state index contributed by atoms with van der Waals surface area (Å²) in [6, 6.07) is 0.342. The molecule has 0 fully saturated rings. The van der Waals surface area contributed by atoms with Crippen molar-refractivity contribution in [1.29, 1.82) is 0 Å². The predicted molar refractivity (Wildman–Crippen MR) is 178 cm³/mol. The summed E-state index contributed by atoms with van der Waals surface area (Å²) in [4.78, 5) is 12.8. The third-order valence-electron chi connectivity index (χ3n) is 7.32. The molecule has 1 N–H and O–H groups in total. The molecule has 6 heteroatoms. The Bertz CT molecular complexity index is 747. The summed E-state index contributed by atoms with van der Waals surface area (Å²) >= 11 is 0. The van der Waals surface area contributed by atoms with E-state index in [-0.39, 0.29) is 39.3 Å². The van der Waals surface area contributed by atoms with Gasteiger partial charge in [0.25, 0.3) is 0 Å². The molecule has 0 radical (unpaired) electrons. The van der Waals surface area contributed by atoms with Gasteiger partial charge in [-0.05, 0) is 134 Å². The topological polar surface area (TPSA) is 66.0 Å². The average molecular weight is 600 g/mol. The fraction of sp³-hybridized carbons (Fsp3) is 0.972. The quantitative estimate of drug-likeness (QED) is 0.151. The highest BCUT2D eigenvalue weighted by Gasteiger charge is 2.28. The molecule has 6 nitrogen and oxygen atoms in total. The SMILES string of the molecule is CC(C)(C)NC(CCOC(C)(C)C)CCOC(C)(C)CCC(C)(C)OCCC(CCOC(C)(C)C)CC(=O)C(C)(C)C. The maximum absolute atomic E-state index is 12.8. The lowest BCUT2D eigenvalue weighted by Gasteiger charge is -2.33. The minimum Gasteiger partial charge on any atom is -0.376 e. The highest BCUT2D eigenvalue weighted by Crippen LogP contribution is 2.28. The first kappa shape index (κ1) is 41.5. The van der Waals surface area contributed by atoms with Crippen LogP contribution >= 0.6 is 0 Å². The van der Waals surface area contributed by atoms with E-state index in [9.17, 15) is 4.79 Å². The number of ketones is 1. The molecule has 0 rings (SSSR count). The Morgan fingerprint density at radius 1 is 0.548 bits per heavy atom. The van der Waals surface area contributed by atoms with Gasteiger partial charge in [0.15, 0.2) is 0 Å². The van der Waals surface area contributed by atoms with Crippen LogP contribution in [0.25, 0.3) is 0 Å². The molecule has 0 saturated carbocycles. The molecular weight excluding hydrogens is 526 g/mol. The molecule has 0 aliphatic rings. The molecule has 0 bridgehead atoms. The largest absolute Gasteiger partial charge is 0.376 e. The van der Waals surface area contributed by atoms with Crippen molar-refractivity contribution in [3.8, 4) is 0 Å². The van der Waals surface area contributed by atoms with E-state index in [1.807, 2.05) is 20.8 Å². The minimum atomic E-state index is -0.322. The van der Waals surface area contributed by atoms with Gasteiger partial charge in [-0.3, -0.25) is 4.79 Å². The zero-order valence-corrected chi connectivity index (χ0v) is 31.0. The number of carbonyl (C=O) groups excluding carboxylic acids is 1. The van der Waals surface area contributed by atoms with Gasteiger partial charge in [-0.15, -0.1) is 0 Å². The van der Waals surface area contributed by atoms with Crippen molar-refractivity contribution in [2.24, 2.45) is 11.3 Å². The summed E-state index contributed by atoms with van der Waals surface area (Å²) in [5.41, 5.74) is -1.07. The van der Waals surface area contributed by atoms with Crippen molar-refractivity contribution >= 4 is 5.78 Å². The van der Waals surface area contributed by atoms with Gasteiger partial charge < -0.3 is 24.3 Å². The molecule has 0 aromatic carbocycles. The molecule has 0 aromatic rings. The lowest BCUT2D eigenvalue weighted by molar-refractivity contribution is -0.127. The number of rotatable bonds is 20. The fourth-order valence-electron chi connectivity index (χ4n) is 4.58. The minimum absolute atomic E-state index is 0.0436. The van der Waals surface area contributed by atoms with Crippen LogP contribution in [-0.4, -0.2) is 66.2 Å². The maximum Gasteiger partial charge on any atom is 0.138 e. The van der Waals surface area contributed by atoms with Gasteiger partial charge in [-0.1, -0.05) is 20.8 Å². The number of nitrogens with one attached hydrogen (secondary N) is 1. The molecule has 0 spiro atoms. The summed E-state index contributed by atoms with van der Waals surface area (Å²) in [5, 5.41) is 3.75. The lowest BCUT2D eigenvalue weighted by Crippen LogP contribution is -2.45. The Hall–Kier alpha value is -0.530. The maximum atomic E-state index is 12.8. The van der Waals surface area contributed by atoms with Crippen molar-refractivity contribution in [2.45, 2.75) is 190 Å². The van der Waals surface area contributed by atoms with Gasteiger partial charge in [0.2, 0.25) is 0 Å². The van der Waals surface area contributed by atoms with Gasteiger partial charge in [-0.2, -0.15) is 0 Å². The van der Waals surface area contributed by atoms with Gasteiger partial charge >= 0.3 is 0 Å². The molecule has 252 valence electrons. The van der Waals surface area contributed by atoms with Crippen LogP contribution in [0.4, 0.5) is 0 Å². The van der Waals surface area contributed by atoms with E-state index in [1.165, 1.54) is 0 Å². The van der Waals surface area contributed by atoms with Crippen molar-refractivity contribution in [3.63, 3.8) is 0 Å². The Kier molecular flexibility index (Phi) is 17.0. The third kappa shape index (κ3) is 23.9. The molecular formula is C36H73NO5. The van der Waals surface area contributed by atoms with Gasteiger partial charge in [0.1, 0.15) is 5.78 Å². The van der Waals surface area contributed by atoms with E-state index in [0.29, 0.717) is 38.1 Å². The van der Waals surface area contributed by atoms with Gasteiger partial charge in [-0.25, -0.2) is 0 Å². The van der Waals surface area contributed by atoms with Crippen molar-refractivity contribution in [2.75, 3.05) is 26.4 Å². The number of Topliss-reactive ketones (excluding diaryl/α,β-unsaturated/α-hetero) is 1. The molecule has 0 saturated heterocycles. The molecule has 42 heavy (non-hydrogen) atoms. The second-order valence-electron chi connectivity index (χ2n) is 17.6. The number of carbonyl (C=O) groups is 1. The van der Waals surface area contributed by atoms with E-state index in [0.717, 1.165) is 45.1 Å². The van der Waals surface area contributed by atoms with Crippen molar-refractivity contribution < 1.29 is 23.7 Å². The average Bonchev–Trinajstić information content (AvgIpc) is 2.74. The Labute approximate surface area is 262 Å². The monoisotopic (exact) mass is 600 g/mol. The zero-order chi connectivity index (χ0) is 33.0. The number of hydrogen-bond acceptors (Lipinski definition) is 6. The van der Waals surface area contributed by atoms with Crippen LogP contribution in [-0.2, 0) is 23.7 Å². The van der Waals surface area contributed by atoms with E-state index in [2.05, 4.69) is 95.3 Å². The normalized spacial score (nSPS) is 15.6. The molecule has 0 aromatic heterocycles. The van der Waals surface area contributed by atoms with E-state index in [4.69, 9.17) is 18.9 Å².